The molecule has 2 aromatic heterocycles. The minimum Gasteiger partial charge on any atom is -0.448 e. The van der Waals surface area contributed by atoms with Crippen LogP contribution in [0.3, 0.4) is 0 Å². The highest BCUT2D eigenvalue weighted by Gasteiger charge is 2.21. The summed E-state index contributed by atoms with van der Waals surface area (Å²) in [5, 5.41) is 3.09. The van der Waals surface area contributed by atoms with Crippen LogP contribution in [0.1, 0.15) is 23.3 Å². The zero-order valence-corrected chi connectivity index (χ0v) is 13.3. The molecule has 0 radical (unpaired) electrons. The Hall–Kier alpha value is -1.53. The number of hydrogen-bond acceptors (Lipinski definition) is 3. The summed E-state index contributed by atoms with van der Waals surface area (Å²) in [6.07, 6.45) is 3.87. The quantitative estimate of drug-likeness (QED) is 0.832. The van der Waals surface area contributed by atoms with Crippen LogP contribution in [0.25, 0.3) is 11.1 Å². The van der Waals surface area contributed by atoms with E-state index in [0.29, 0.717) is 15.9 Å². The smallest absolute Gasteiger partial charge is 0.268 e. The van der Waals surface area contributed by atoms with E-state index in [-0.39, 0.29) is 11.9 Å². The lowest BCUT2D eigenvalue weighted by atomic mass is 10.0. The number of nitrogens with zero attached hydrogens (tertiary/aromatic N) is 1. The number of aromatic amines is 1. The van der Waals surface area contributed by atoms with Gasteiger partial charge in [-0.2, -0.15) is 0 Å². The van der Waals surface area contributed by atoms with Crippen molar-refractivity contribution >= 4 is 32.9 Å². The van der Waals surface area contributed by atoms with Gasteiger partial charge in [-0.1, -0.05) is 6.08 Å². The first-order valence-corrected chi connectivity index (χ1v) is 7.87. The average Bonchev–Trinajstić information content (AvgIpc) is 2.98. The van der Waals surface area contributed by atoms with Crippen LogP contribution in [-0.2, 0) is 0 Å². The summed E-state index contributed by atoms with van der Waals surface area (Å²) in [6, 6.07) is 3.79. The van der Waals surface area contributed by atoms with Crippen molar-refractivity contribution in [2.45, 2.75) is 18.9 Å². The lowest BCUT2D eigenvalue weighted by Gasteiger charge is -2.31. The molecule has 0 bridgehead atoms. The van der Waals surface area contributed by atoms with Gasteiger partial charge in [0, 0.05) is 37.8 Å². The van der Waals surface area contributed by atoms with Gasteiger partial charge in [-0.05, 0) is 28.8 Å². The number of halogens is 1. The molecule has 3 rings (SSSR count). The highest BCUT2D eigenvalue weighted by Crippen LogP contribution is 2.23. The monoisotopic (exact) mass is 351 g/mol. The molecule has 0 aliphatic carbocycles. The lowest BCUT2D eigenvalue weighted by Crippen LogP contribution is -2.44. The molecule has 1 amide bonds. The number of fused-ring (bicyclic) bond motifs is 1. The van der Waals surface area contributed by atoms with Crippen LogP contribution in [0.5, 0.6) is 0 Å². The van der Waals surface area contributed by atoms with Gasteiger partial charge in [-0.3, -0.25) is 9.69 Å². The largest absolute Gasteiger partial charge is 0.448 e. The standard InChI is InChI=1S/C15H18BrN3O2/c1-2-5-19-6-3-10(4-7-19)17-15(20)12-8-13-11(18-12)9-14(16)21-13/h2,8-10,18H,1,3-7H2,(H,17,20). The second-order valence-corrected chi connectivity index (χ2v) is 6.13. The van der Waals surface area contributed by atoms with Crippen LogP contribution >= 0.6 is 15.9 Å². The second kappa shape index (κ2) is 6.07. The molecule has 0 saturated carbocycles. The normalized spacial score (nSPS) is 17.2. The molecule has 2 N–H and O–H groups in total. The number of H-pyrrole nitrogens is 1. The fourth-order valence-electron chi connectivity index (χ4n) is 2.72. The molecule has 6 heteroatoms. The summed E-state index contributed by atoms with van der Waals surface area (Å²) in [4.78, 5) is 17.7. The summed E-state index contributed by atoms with van der Waals surface area (Å²) < 4.78 is 6.08. The maximum absolute atomic E-state index is 12.2. The summed E-state index contributed by atoms with van der Waals surface area (Å²) >= 11 is 3.26. The summed E-state index contributed by atoms with van der Waals surface area (Å²) in [5.74, 6) is -0.0697. The van der Waals surface area contributed by atoms with Gasteiger partial charge in [0.2, 0.25) is 0 Å². The Morgan fingerprint density at radius 3 is 2.95 bits per heavy atom. The maximum Gasteiger partial charge on any atom is 0.268 e. The number of carbonyl (C=O) groups is 1. The number of rotatable bonds is 4. The number of hydrogen-bond donors (Lipinski definition) is 2. The molecule has 0 unspecified atom stereocenters. The van der Waals surface area contributed by atoms with Gasteiger partial charge in [0.1, 0.15) is 5.69 Å². The van der Waals surface area contributed by atoms with Crippen LogP contribution in [0.2, 0.25) is 0 Å². The van der Waals surface area contributed by atoms with Gasteiger partial charge in [-0.25, -0.2) is 0 Å². The number of furan rings is 1. The van der Waals surface area contributed by atoms with E-state index >= 15 is 0 Å². The minimum absolute atomic E-state index is 0.0697. The van der Waals surface area contributed by atoms with E-state index in [2.05, 4.69) is 37.7 Å². The first-order valence-electron chi connectivity index (χ1n) is 7.08. The molecule has 112 valence electrons. The van der Waals surface area contributed by atoms with E-state index in [9.17, 15) is 4.79 Å². The Kier molecular flexibility index (Phi) is 4.17. The Balaban J connectivity index is 1.58. The summed E-state index contributed by atoms with van der Waals surface area (Å²) in [5.41, 5.74) is 2.06. The third-order valence-corrected chi connectivity index (χ3v) is 4.22. The van der Waals surface area contributed by atoms with Crippen molar-refractivity contribution in [1.82, 2.24) is 15.2 Å². The Morgan fingerprint density at radius 1 is 1.52 bits per heavy atom. The van der Waals surface area contributed by atoms with Crippen molar-refractivity contribution < 1.29 is 9.21 Å². The van der Waals surface area contributed by atoms with E-state index in [1.807, 2.05) is 12.1 Å². The molecule has 5 nitrogen and oxygen atoms in total. The van der Waals surface area contributed by atoms with Gasteiger partial charge >= 0.3 is 0 Å². The van der Waals surface area contributed by atoms with Crippen molar-refractivity contribution in [3.63, 3.8) is 0 Å². The number of piperidine rings is 1. The van der Waals surface area contributed by atoms with E-state index in [4.69, 9.17) is 4.42 Å². The van der Waals surface area contributed by atoms with Crippen LogP contribution in [0.4, 0.5) is 0 Å². The Labute approximate surface area is 131 Å². The van der Waals surface area contributed by atoms with Crippen LogP contribution in [-0.4, -0.2) is 41.5 Å². The number of amides is 1. The van der Waals surface area contributed by atoms with Crippen molar-refractivity contribution in [2.24, 2.45) is 0 Å². The molecule has 0 aromatic carbocycles. The van der Waals surface area contributed by atoms with Gasteiger partial charge < -0.3 is 14.7 Å². The van der Waals surface area contributed by atoms with E-state index in [0.717, 1.165) is 38.0 Å². The Bertz CT molecular complexity index is 621. The molecule has 1 saturated heterocycles. The summed E-state index contributed by atoms with van der Waals surface area (Å²) in [6.45, 7) is 6.67. The molecule has 2 aromatic rings. The first kappa shape index (κ1) is 14.4. The lowest BCUT2D eigenvalue weighted by molar-refractivity contribution is 0.0910. The summed E-state index contributed by atoms with van der Waals surface area (Å²) in [7, 11) is 0. The molecule has 0 spiro atoms. The van der Waals surface area contributed by atoms with Gasteiger partial charge in [0.15, 0.2) is 10.3 Å². The van der Waals surface area contributed by atoms with E-state index < -0.39 is 0 Å². The third kappa shape index (κ3) is 3.22. The number of aromatic nitrogens is 1. The topological polar surface area (TPSA) is 61.3 Å². The number of nitrogens with one attached hydrogen (secondary N) is 2. The zero-order chi connectivity index (χ0) is 14.8. The van der Waals surface area contributed by atoms with Crippen molar-refractivity contribution in [3.05, 3.63) is 35.2 Å². The fourth-order valence-corrected chi connectivity index (χ4v) is 3.12. The first-order chi connectivity index (χ1) is 10.2. The molecule has 21 heavy (non-hydrogen) atoms. The molecule has 0 atom stereocenters. The minimum atomic E-state index is -0.0697. The zero-order valence-electron chi connectivity index (χ0n) is 11.7. The van der Waals surface area contributed by atoms with Gasteiger partial charge in [0.05, 0.1) is 5.52 Å². The number of likely N-dealkylation sites (tertiary alicyclic amines) is 1. The molecule has 1 fully saturated rings. The van der Waals surface area contributed by atoms with Gasteiger partial charge in [-0.15, -0.1) is 6.58 Å². The van der Waals surface area contributed by atoms with E-state index in [1.54, 1.807) is 6.07 Å². The van der Waals surface area contributed by atoms with Crippen molar-refractivity contribution in [3.8, 4) is 0 Å². The molecule has 1 aliphatic rings. The van der Waals surface area contributed by atoms with Crippen LogP contribution in [0.15, 0.2) is 33.9 Å². The predicted octanol–water partition coefficient (Wildman–Crippen LogP) is 2.90. The molecular weight excluding hydrogens is 334 g/mol. The van der Waals surface area contributed by atoms with Crippen LogP contribution in [0, 0.1) is 0 Å². The highest BCUT2D eigenvalue weighted by atomic mass is 79.9. The third-order valence-electron chi connectivity index (χ3n) is 3.83. The highest BCUT2D eigenvalue weighted by molar-refractivity contribution is 9.10. The second-order valence-electron chi connectivity index (χ2n) is 5.35. The fraction of sp³-hybridized carbons (Fsp3) is 0.400. The maximum atomic E-state index is 12.2. The molecule has 1 aliphatic heterocycles. The predicted molar refractivity (Wildman–Crippen MR) is 85.4 cm³/mol. The SMILES string of the molecule is C=CCN1CCC(NC(=O)c2cc3oc(Br)cc3[nH]2)CC1. The van der Waals surface area contributed by atoms with Crippen molar-refractivity contribution in [2.75, 3.05) is 19.6 Å². The van der Waals surface area contributed by atoms with Crippen molar-refractivity contribution in [1.29, 1.82) is 0 Å². The average molecular weight is 352 g/mol. The molecular formula is C15H18BrN3O2. The number of carbonyl (C=O) groups excluding carboxylic acids is 1. The molecule has 3 heterocycles. The van der Waals surface area contributed by atoms with Crippen LogP contribution < -0.4 is 5.32 Å². The Morgan fingerprint density at radius 2 is 2.29 bits per heavy atom. The van der Waals surface area contributed by atoms with Gasteiger partial charge in [0.25, 0.3) is 5.91 Å². The van der Waals surface area contributed by atoms with E-state index in [1.165, 1.54) is 0 Å².